The molecule has 0 saturated carbocycles. The first kappa shape index (κ1) is 20.2. The number of hydrogen-bond acceptors (Lipinski definition) is 4. The number of nitrogens with one attached hydrogen (secondary N) is 1. The minimum absolute atomic E-state index is 0.0149. The minimum atomic E-state index is 0.0149. The first-order valence-corrected chi connectivity index (χ1v) is 10.7. The lowest BCUT2D eigenvalue weighted by atomic mass is 9.99. The zero-order valence-electron chi connectivity index (χ0n) is 18.0. The van der Waals surface area contributed by atoms with Crippen LogP contribution in [0.5, 0.6) is 0 Å². The van der Waals surface area contributed by atoms with Gasteiger partial charge in [-0.25, -0.2) is 4.98 Å². The lowest BCUT2D eigenvalue weighted by Crippen LogP contribution is -2.26. The van der Waals surface area contributed by atoms with E-state index in [0.29, 0.717) is 6.42 Å². The van der Waals surface area contributed by atoms with E-state index in [-0.39, 0.29) is 5.91 Å². The normalized spacial score (nSPS) is 13.2. The fourth-order valence-corrected chi connectivity index (χ4v) is 4.18. The van der Waals surface area contributed by atoms with Crippen LogP contribution in [-0.2, 0) is 17.6 Å². The molecule has 0 radical (unpaired) electrons. The standard InChI is InChI=1S/C25H29N3O2/c1-17-11-12-22-20(15-17)7-5-13-28(22)23-16-18(2)25(19(3)26-23)27-24(29)10-4-8-21-9-6-14-30-21/h6,9,11-12,14-16H,4-5,7-8,10,13H2,1-3H3,(H,27,29). The molecule has 0 fully saturated rings. The van der Waals surface area contributed by atoms with Crippen LogP contribution in [-0.4, -0.2) is 17.4 Å². The number of fused-ring (bicyclic) bond motifs is 1. The van der Waals surface area contributed by atoms with Gasteiger partial charge < -0.3 is 14.6 Å². The first-order chi connectivity index (χ1) is 14.5. The van der Waals surface area contributed by atoms with E-state index in [1.165, 1.54) is 16.8 Å². The lowest BCUT2D eigenvalue weighted by molar-refractivity contribution is -0.116. The van der Waals surface area contributed by atoms with Gasteiger partial charge in [0, 0.05) is 25.1 Å². The van der Waals surface area contributed by atoms with Gasteiger partial charge in [-0.3, -0.25) is 4.79 Å². The summed E-state index contributed by atoms with van der Waals surface area (Å²) in [6.45, 7) is 7.10. The van der Waals surface area contributed by atoms with Gasteiger partial charge >= 0.3 is 0 Å². The van der Waals surface area contributed by atoms with Gasteiger partial charge in [0.05, 0.1) is 17.6 Å². The molecular weight excluding hydrogens is 374 g/mol. The molecule has 3 heterocycles. The zero-order chi connectivity index (χ0) is 21.1. The van der Waals surface area contributed by atoms with Gasteiger partial charge in [-0.1, -0.05) is 17.7 Å². The summed E-state index contributed by atoms with van der Waals surface area (Å²) in [6, 6.07) is 12.5. The molecule has 1 aromatic carbocycles. The number of aromatic nitrogens is 1. The Bertz CT molecular complexity index is 1020. The van der Waals surface area contributed by atoms with Crippen molar-refractivity contribution in [3.05, 3.63) is 70.8 Å². The van der Waals surface area contributed by atoms with Crippen molar-refractivity contribution in [3.63, 3.8) is 0 Å². The second-order valence-corrected chi connectivity index (χ2v) is 8.13. The molecule has 0 aliphatic carbocycles. The molecule has 0 spiro atoms. The molecule has 0 saturated heterocycles. The third-order valence-electron chi connectivity index (χ3n) is 5.69. The van der Waals surface area contributed by atoms with Crippen LogP contribution in [0.4, 0.5) is 17.2 Å². The number of aryl methyl sites for hydroxylation is 5. The fraction of sp³-hybridized carbons (Fsp3) is 0.360. The number of pyridine rings is 1. The van der Waals surface area contributed by atoms with Gasteiger partial charge in [-0.15, -0.1) is 0 Å². The van der Waals surface area contributed by atoms with Crippen LogP contribution in [0, 0.1) is 20.8 Å². The predicted molar refractivity (Wildman–Crippen MR) is 120 cm³/mol. The van der Waals surface area contributed by atoms with E-state index in [1.807, 2.05) is 26.0 Å². The lowest BCUT2D eigenvalue weighted by Gasteiger charge is -2.31. The van der Waals surface area contributed by atoms with Crippen molar-refractivity contribution >= 4 is 23.1 Å². The maximum Gasteiger partial charge on any atom is 0.224 e. The fourth-order valence-electron chi connectivity index (χ4n) is 4.18. The number of carbonyl (C=O) groups is 1. The Morgan fingerprint density at radius 3 is 2.83 bits per heavy atom. The van der Waals surface area contributed by atoms with Crippen molar-refractivity contribution in [2.24, 2.45) is 0 Å². The molecule has 3 aromatic rings. The van der Waals surface area contributed by atoms with E-state index in [9.17, 15) is 4.79 Å². The molecule has 1 aliphatic rings. The van der Waals surface area contributed by atoms with E-state index in [0.717, 1.165) is 60.8 Å². The summed E-state index contributed by atoms with van der Waals surface area (Å²) in [5.74, 6) is 1.88. The van der Waals surface area contributed by atoms with Crippen LogP contribution in [0.1, 0.15) is 47.4 Å². The van der Waals surface area contributed by atoms with Crippen molar-refractivity contribution in [1.29, 1.82) is 0 Å². The van der Waals surface area contributed by atoms with Crippen LogP contribution in [0.3, 0.4) is 0 Å². The molecule has 4 rings (SSSR count). The quantitative estimate of drug-likeness (QED) is 0.578. The summed E-state index contributed by atoms with van der Waals surface area (Å²) >= 11 is 0. The highest BCUT2D eigenvalue weighted by atomic mass is 16.3. The van der Waals surface area contributed by atoms with Gasteiger partial charge in [-0.05, 0) is 75.4 Å². The average molecular weight is 404 g/mol. The summed E-state index contributed by atoms with van der Waals surface area (Å²) < 4.78 is 5.33. The Morgan fingerprint density at radius 2 is 2.07 bits per heavy atom. The number of rotatable bonds is 6. The van der Waals surface area contributed by atoms with Gasteiger partial charge in [-0.2, -0.15) is 0 Å². The van der Waals surface area contributed by atoms with Crippen LogP contribution in [0.2, 0.25) is 0 Å². The number of furan rings is 1. The average Bonchev–Trinajstić information content (AvgIpc) is 3.23. The Hall–Kier alpha value is -3.08. The number of benzene rings is 1. The smallest absolute Gasteiger partial charge is 0.224 e. The van der Waals surface area contributed by atoms with Crippen LogP contribution >= 0.6 is 0 Å². The molecule has 0 unspecified atom stereocenters. The highest BCUT2D eigenvalue weighted by molar-refractivity contribution is 5.92. The van der Waals surface area contributed by atoms with Gasteiger partial charge in [0.15, 0.2) is 0 Å². The molecule has 1 amide bonds. The number of amides is 1. The van der Waals surface area contributed by atoms with E-state index < -0.39 is 0 Å². The highest BCUT2D eigenvalue weighted by Gasteiger charge is 2.21. The third kappa shape index (κ3) is 4.40. The second-order valence-electron chi connectivity index (χ2n) is 8.13. The SMILES string of the molecule is Cc1ccc2c(c1)CCCN2c1cc(C)c(NC(=O)CCCc2ccco2)c(C)n1. The number of hydrogen-bond donors (Lipinski definition) is 1. The summed E-state index contributed by atoms with van der Waals surface area (Å²) in [7, 11) is 0. The van der Waals surface area contributed by atoms with Gasteiger partial charge in [0.2, 0.25) is 5.91 Å². The second kappa shape index (κ2) is 8.74. The summed E-state index contributed by atoms with van der Waals surface area (Å²) in [5.41, 5.74) is 6.63. The number of nitrogens with zero attached hydrogens (tertiary/aromatic N) is 2. The summed E-state index contributed by atoms with van der Waals surface area (Å²) in [5, 5.41) is 3.06. The zero-order valence-corrected chi connectivity index (χ0v) is 18.0. The van der Waals surface area contributed by atoms with Gasteiger partial charge in [0.25, 0.3) is 0 Å². The van der Waals surface area contributed by atoms with Crippen molar-refractivity contribution in [2.45, 2.75) is 52.9 Å². The molecule has 5 nitrogen and oxygen atoms in total. The van der Waals surface area contributed by atoms with Crippen molar-refractivity contribution in [2.75, 3.05) is 16.8 Å². The van der Waals surface area contributed by atoms with E-state index >= 15 is 0 Å². The molecule has 30 heavy (non-hydrogen) atoms. The van der Waals surface area contributed by atoms with Crippen LogP contribution < -0.4 is 10.2 Å². The van der Waals surface area contributed by atoms with Crippen molar-refractivity contribution in [1.82, 2.24) is 4.98 Å². The number of anilines is 3. The molecular formula is C25H29N3O2. The van der Waals surface area contributed by atoms with Crippen molar-refractivity contribution in [3.8, 4) is 0 Å². The Kier molecular flexibility index (Phi) is 5.88. The maximum absolute atomic E-state index is 12.4. The maximum atomic E-state index is 12.4. The first-order valence-electron chi connectivity index (χ1n) is 10.7. The van der Waals surface area contributed by atoms with Crippen molar-refractivity contribution < 1.29 is 9.21 Å². The van der Waals surface area contributed by atoms with Crippen LogP contribution in [0.25, 0.3) is 0 Å². The third-order valence-corrected chi connectivity index (χ3v) is 5.69. The highest BCUT2D eigenvalue weighted by Crippen LogP contribution is 2.35. The molecule has 0 bridgehead atoms. The topological polar surface area (TPSA) is 58.4 Å². The minimum Gasteiger partial charge on any atom is -0.469 e. The Morgan fingerprint density at radius 1 is 1.20 bits per heavy atom. The van der Waals surface area contributed by atoms with Crippen LogP contribution in [0.15, 0.2) is 47.1 Å². The Labute approximate surface area is 178 Å². The summed E-state index contributed by atoms with van der Waals surface area (Å²) in [4.78, 5) is 19.6. The molecule has 1 N–H and O–H groups in total. The van der Waals surface area contributed by atoms with E-state index in [1.54, 1.807) is 6.26 Å². The molecule has 1 aliphatic heterocycles. The predicted octanol–water partition coefficient (Wildman–Crippen LogP) is 5.65. The van der Waals surface area contributed by atoms with E-state index in [2.05, 4.69) is 41.4 Å². The molecule has 156 valence electrons. The monoisotopic (exact) mass is 403 g/mol. The Balaban J connectivity index is 1.47. The molecule has 0 atom stereocenters. The summed E-state index contributed by atoms with van der Waals surface area (Å²) in [6.07, 6.45) is 5.87. The number of carbonyl (C=O) groups excluding carboxylic acids is 1. The van der Waals surface area contributed by atoms with E-state index in [4.69, 9.17) is 9.40 Å². The van der Waals surface area contributed by atoms with Gasteiger partial charge in [0.1, 0.15) is 11.6 Å². The largest absolute Gasteiger partial charge is 0.469 e. The molecule has 2 aromatic heterocycles. The molecule has 5 heteroatoms.